The Kier molecular flexibility index (Phi) is 13.0. The Balaban J connectivity index is 1.80. The van der Waals surface area contributed by atoms with Gasteiger partial charge in [0, 0.05) is 0 Å². The van der Waals surface area contributed by atoms with E-state index in [9.17, 15) is 61.3 Å². The predicted octanol–water partition coefficient (Wildman–Crippen LogP) is -8.83. The molecule has 3 fully saturated rings. The molecule has 0 bridgehead atoms. The standard InChI is InChI=1S/C22H40O19/c23-1-6(28)7(2-24)36-21-16(34)18(12(30)9(4-26)38-21)41-22-17(35)19(13(31)10(5-27)39-22)40-20-15(33)14(32)11(29)8(3-25)37-20/h6-35H,1-5H2/t6-,7+,8-,9-,10-,11-,12-,13-,14+,15-,16-,17-,18+,19+,20-,21+,22-/m1/s1. The van der Waals surface area contributed by atoms with E-state index in [-0.39, 0.29) is 0 Å². The third kappa shape index (κ3) is 7.49. The van der Waals surface area contributed by atoms with Gasteiger partial charge in [-0.15, -0.1) is 0 Å². The molecule has 3 rings (SSSR count). The highest BCUT2D eigenvalue weighted by atomic mass is 16.8. The lowest BCUT2D eigenvalue weighted by atomic mass is 9.96. The number of hydrogen-bond donors (Lipinski definition) is 13. The lowest BCUT2D eigenvalue weighted by molar-refractivity contribution is -0.383. The van der Waals surface area contributed by atoms with Crippen LogP contribution in [0.4, 0.5) is 0 Å². The molecule has 3 aliphatic heterocycles. The lowest BCUT2D eigenvalue weighted by Crippen LogP contribution is -2.67. The van der Waals surface area contributed by atoms with Crippen LogP contribution in [0.2, 0.25) is 0 Å². The van der Waals surface area contributed by atoms with Crippen molar-refractivity contribution in [2.45, 2.75) is 104 Å². The summed E-state index contributed by atoms with van der Waals surface area (Å²) >= 11 is 0. The second kappa shape index (κ2) is 15.3. The zero-order valence-electron chi connectivity index (χ0n) is 21.6. The molecule has 19 heteroatoms. The van der Waals surface area contributed by atoms with Crippen LogP contribution in [0.25, 0.3) is 0 Å². The van der Waals surface area contributed by atoms with Crippen molar-refractivity contribution in [3.63, 3.8) is 0 Å². The third-order valence-electron chi connectivity index (χ3n) is 7.18. The number of aliphatic hydroxyl groups is 13. The monoisotopic (exact) mass is 608 g/mol. The van der Waals surface area contributed by atoms with Gasteiger partial charge >= 0.3 is 0 Å². The Labute approximate surface area is 232 Å². The van der Waals surface area contributed by atoms with Crippen LogP contribution >= 0.6 is 0 Å². The number of aliphatic hydroxyl groups excluding tert-OH is 13. The van der Waals surface area contributed by atoms with E-state index in [1.54, 1.807) is 0 Å². The van der Waals surface area contributed by atoms with Gasteiger partial charge in [0.15, 0.2) is 18.9 Å². The fourth-order valence-corrected chi connectivity index (χ4v) is 4.69. The molecule has 17 atom stereocenters. The van der Waals surface area contributed by atoms with Crippen LogP contribution in [0.5, 0.6) is 0 Å². The molecule has 0 saturated carbocycles. The van der Waals surface area contributed by atoms with Gasteiger partial charge < -0.3 is 94.8 Å². The zero-order valence-corrected chi connectivity index (χ0v) is 21.6. The largest absolute Gasteiger partial charge is 0.394 e. The predicted molar refractivity (Wildman–Crippen MR) is 124 cm³/mol. The minimum absolute atomic E-state index is 0.796. The summed E-state index contributed by atoms with van der Waals surface area (Å²) in [7, 11) is 0. The van der Waals surface area contributed by atoms with Crippen molar-refractivity contribution in [3.05, 3.63) is 0 Å². The number of rotatable bonds is 12. The highest BCUT2D eigenvalue weighted by molar-refractivity contribution is 4.96. The summed E-state index contributed by atoms with van der Waals surface area (Å²) in [6.07, 6.45) is -29.6. The van der Waals surface area contributed by atoms with E-state index in [1.165, 1.54) is 0 Å². The fraction of sp³-hybridized carbons (Fsp3) is 1.00. The minimum atomic E-state index is -2.00. The fourth-order valence-electron chi connectivity index (χ4n) is 4.69. The molecule has 242 valence electrons. The summed E-state index contributed by atoms with van der Waals surface area (Å²) < 4.78 is 32.3. The van der Waals surface area contributed by atoms with Crippen molar-refractivity contribution in [2.75, 3.05) is 33.0 Å². The average Bonchev–Trinajstić information content (AvgIpc) is 2.97. The summed E-state index contributed by atoms with van der Waals surface area (Å²) in [5, 5.41) is 131. The van der Waals surface area contributed by atoms with Crippen molar-refractivity contribution >= 4 is 0 Å². The topological polar surface area (TPSA) is 318 Å². The molecule has 0 spiro atoms. The molecule has 0 unspecified atom stereocenters. The van der Waals surface area contributed by atoms with Crippen LogP contribution in [0.1, 0.15) is 0 Å². The van der Waals surface area contributed by atoms with E-state index in [2.05, 4.69) is 0 Å². The second-order valence-electron chi connectivity index (χ2n) is 9.92. The summed E-state index contributed by atoms with van der Waals surface area (Å²) in [5.74, 6) is 0. The van der Waals surface area contributed by atoms with Crippen LogP contribution in [0.3, 0.4) is 0 Å². The lowest BCUT2D eigenvalue weighted by Gasteiger charge is -2.48. The highest BCUT2D eigenvalue weighted by Crippen LogP contribution is 2.33. The Morgan fingerprint density at radius 2 is 0.902 bits per heavy atom. The van der Waals surface area contributed by atoms with Crippen molar-refractivity contribution in [1.82, 2.24) is 0 Å². The van der Waals surface area contributed by atoms with Crippen LogP contribution < -0.4 is 0 Å². The third-order valence-corrected chi connectivity index (χ3v) is 7.18. The van der Waals surface area contributed by atoms with Gasteiger partial charge in [-0.05, 0) is 0 Å². The van der Waals surface area contributed by atoms with E-state index in [0.29, 0.717) is 0 Å². The molecule has 0 aromatic heterocycles. The molecular formula is C22H40O19. The first-order chi connectivity index (χ1) is 19.4. The molecule has 13 N–H and O–H groups in total. The van der Waals surface area contributed by atoms with E-state index in [0.717, 1.165) is 0 Å². The van der Waals surface area contributed by atoms with Gasteiger partial charge in [-0.25, -0.2) is 0 Å². The molecule has 3 aliphatic rings. The molecule has 41 heavy (non-hydrogen) atoms. The molecule has 0 amide bonds. The van der Waals surface area contributed by atoms with Gasteiger partial charge in [0.2, 0.25) is 0 Å². The Hall–Kier alpha value is -0.760. The quantitative estimate of drug-likeness (QED) is 0.0977. The van der Waals surface area contributed by atoms with Crippen LogP contribution in [0, 0.1) is 0 Å². The first kappa shape index (κ1) is 34.7. The van der Waals surface area contributed by atoms with Gasteiger partial charge in [-0.2, -0.15) is 0 Å². The van der Waals surface area contributed by atoms with E-state index in [1.807, 2.05) is 0 Å². The average molecular weight is 609 g/mol. The molecule has 3 saturated heterocycles. The van der Waals surface area contributed by atoms with E-state index >= 15 is 0 Å². The molecule has 19 nitrogen and oxygen atoms in total. The summed E-state index contributed by atoms with van der Waals surface area (Å²) in [4.78, 5) is 0. The maximum atomic E-state index is 11.0. The van der Waals surface area contributed by atoms with Crippen molar-refractivity contribution in [1.29, 1.82) is 0 Å². The van der Waals surface area contributed by atoms with E-state index < -0.39 is 137 Å². The Morgan fingerprint density at radius 1 is 0.488 bits per heavy atom. The van der Waals surface area contributed by atoms with Crippen LogP contribution in [-0.2, 0) is 28.4 Å². The molecule has 3 heterocycles. The molecule has 0 aromatic rings. The maximum Gasteiger partial charge on any atom is 0.187 e. The molecular weight excluding hydrogens is 568 g/mol. The van der Waals surface area contributed by atoms with Gasteiger partial charge in [-0.1, -0.05) is 0 Å². The number of hydrogen-bond acceptors (Lipinski definition) is 19. The summed E-state index contributed by atoms with van der Waals surface area (Å²) in [6, 6.07) is 0. The molecule has 0 aliphatic carbocycles. The van der Waals surface area contributed by atoms with Crippen LogP contribution in [0.15, 0.2) is 0 Å². The zero-order chi connectivity index (χ0) is 30.6. The Morgan fingerprint density at radius 3 is 1.34 bits per heavy atom. The Bertz CT molecular complexity index is 777. The van der Waals surface area contributed by atoms with Crippen molar-refractivity contribution in [3.8, 4) is 0 Å². The first-order valence-electron chi connectivity index (χ1n) is 12.8. The summed E-state index contributed by atoms with van der Waals surface area (Å²) in [5.41, 5.74) is 0. The van der Waals surface area contributed by atoms with Gasteiger partial charge in [0.1, 0.15) is 85.5 Å². The smallest absolute Gasteiger partial charge is 0.187 e. The van der Waals surface area contributed by atoms with E-state index in [4.69, 9.17) is 33.5 Å². The second-order valence-corrected chi connectivity index (χ2v) is 9.92. The van der Waals surface area contributed by atoms with Crippen molar-refractivity contribution < 1.29 is 94.8 Å². The van der Waals surface area contributed by atoms with Gasteiger partial charge in [-0.3, -0.25) is 0 Å². The SMILES string of the molecule is OC[C@@H](O)[C@H](CO)O[C@H]1O[C@H](CO)[C@@H](O)[C@H](O[C@H]2O[C@H](CO)[C@@H](O)[C@H](O[C@H]3O[C@H](CO)[C@@H](O)[C@H](O)[C@H]3O)[C@H]2O)[C@H]1O. The molecule has 0 aromatic carbocycles. The van der Waals surface area contributed by atoms with Crippen LogP contribution in [-0.4, -0.2) is 204 Å². The number of ether oxygens (including phenoxy) is 6. The van der Waals surface area contributed by atoms with Crippen molar-refractivity contribution in [2.24, 2.45) is 0 Å². The minimum Gasteiger partial charge on any atom is -0.394 e. The normalized spacial score (nSPS) is 47.2. The highest BCUT2D eigenvalue weighted by Gasteiger charge is 2.54. The van der Waals surface area contributed by atoms with Gasteiger partial charge in [0.25, 0.3) is 0 Å². The molecule has 0 radical (unpaired) electrons. The maximum absolute atomic E-state index is 11.0. The summed E-state index contributed by atoms with van der Waals surface area (Å²) in [6.45, 7) is -4.17. The van der Waals surface area contributed by atoms with Gasteiger partial charge in [0.05, 0.1) is 33.0 Å². The first-order valence-corrected chi connectivity index (χ1v) is 12.8.